The molecule has 3 aromatic rings. The Morgan fingerprint density at radius 3 is 2.61 bits per heavy atom. The van der Waals surface area contributed by atoms with Gasteiger partial charge in [0, 0.05) is 30.4 Å². The van der Waals surface area contributed by atoms with Crippen LogP contribution >= 0.6 is 11.3 Å². The van der Waals surface area contributed by atoms with E-state index in [1.165, 1.54) is 28.8 Å². The highest BCUT2D eigenvalue weighted by Gasteiger charge is 2.23. The second-order valence-electron chi connectivity index (χ2n) is 6.32. The molecule has 0 bridgehead atoms. The van der Waals surface area contributed by atoms with Gasteiger partial charge in [0.15, 0.2) is 0 Å². The highest BCUT2D eigenvalue weighted by atomic mass is 32.1. The van der Waals surface area contributed by atoms with Crippen LogP contribution in [-0.4, -0.2) is 35.6 Å². The molecule has 0 spiro atoms. The molecule has 3 rings (SSSR count). The summed E-state index contributed by atoms with van der Waals surface area (Å²) in [6.45, 7) is 2.89. The monoisotopic (exact) mass is 400 g/mol. The van der Waals surface area contributed by atoms with Crippen LogP contribution in [0, 0.1) is 12.7 Å². The number of amides is 1. The first-order valence-electron chi connectivity index (χ1n) is 8.80. The highest BCUT2D eigenvalue weighted by Crippen LogP contribution is 2.16. The van der Waals surface area contributed by atoms with Crippen molar-refractivity contribution in [2.75, 3.05) is 20.3 Å². The van der Waals surface area contributed by atoms with Crippen LogP contribution in [-0.2, 0) is 11.3 Å². The van der Waals surface area contributed by atoms with E-state index in [9.17, 15) is 14.0 Å². The van der Waals surface area contributed by atoms with Crippen LogP contribution in [0.15, 0.2) is 58.8 Å². The first kappa shape index (κ1) is 20.0. The fourth-order valence-corrected chi connectivity index (χ4v) is 3.61. The molecule has 0 saturated heterocycles. The second-order valence-corrected chi connectivity index (χ2v) is 7.36. The zero-order valence-corrected chi connectivity index (χ0v) is 16.5. The van der Waals surface area contributed by atoms with Crippen molar-refractivity contribution in [3.8, 4) is 5.69 Å². The molecule has 0 saturated carbocycles. The zero-order chi connectivity index (χ0) is 20.1. The minimum Gasteiger partial charge on any atom is -0.383 e. The first-order valence-corrected chi connectivity index (χ1v) is 9.68. The molecule has 7 heteroatoms. The maximum atomic E-state index is 13.3. The number of hydrogen-bond donors (Lipinski definition) is 0. The van der Waals surface area contributed by atoms with Crippen molar-refractivity contribution < 1.29 is 13.9 Å². The minimum absolute atomic E-state index is 0.111. The quantitative estimate of drug-likeness (QED) is 0.609. The highest BCUT2D eigenvalue weighted by molar-refractivity contribution is 7.09. The lowest BCUT2D eigenvalue weighted by Gasteiger charge is -2.23. The molecule has 0 fully saturated rings. The van der Waals surface area contributed by atoms with Crippen LogP contribution in [0.25, 0.3) is 5.69 Å². The Hall–Kier alpha value is -2.77. The molecule has 146 valence electrons. The second kappa shape index (κ2) is 8.95. The van der Waals surface area contributed by atoms with E-state index in [2.05, 4.69) is 0 Å². The number of carbonyl (C=O) groups excluding carboxylic acids is 1. The number of nitrogens with zero attached hydrogens (tertiary/aromatic N) is 2. The Labute approximate surface area is 166 Å². The van der Waals surface area contributed by atoms with Crippen LogP contribution in [0.3, 0.4) is 0 Å². The predicted molar refractivity (Wildman–Crippen MR) is 108 cm³/mol. The summed E-state index contributed by atoms with van der Waals surface area (Å²) >= 11 is 1.55. The van der Waals surface area contributed by atoms with Gasteiger partial charge in [-0.3, -0.25) is 14.2 Å². The summed E-state index contributed by atoms with van der Waals surface area (Å²) in [6, 6.07) is 11.2. The molecule has 0 aliphatic heterocycles. The average molecular weight is 400 g/mol. The summed E-state index contributed by atoms with van der Waals surface area (Å²) in [7, 11) is 1.57. The van der Waals surface area contributed by atoms with E-state index in [1.54, 1.807) is 42.5 Å². The van der Waals surface area contributed by atoms with E-state index < -0.39 is 5.56 Å². The molecule has 0 atom stereocenters. The van der Waals surface area contributed by atoms with E-state index in [1.807, 2.05) is 17.5 Å². The van der Waals surface area contributed by atoms with E-state index in [0.29, 0.717) is 30.9 Å². The molecule has 2 aromatic heterocycles. The van der Waals surface area contributed by atoms with Gasteiger partial charge in [-0.05, 0) is 54.3 Å². The van der Waals surface area contributed by atoms with Crippen molar-refractivity contribution in [1.82, 2.24) is 9.47 Å². The number of pyridine rings is 1. The number of methoxy groups -OCH3 is 1. The third-order valence-electron chi connectivity index (χ3n) is 4.40. The van der Waals surface area contributed by atoms with Crippen LogP contribution in [0.2, 0.25) is 0 Å². The van der Waals surface area contributed by atoms with Gasteiger partial charge in [-0.15, -0.1) is 11.3 Å². The van der Waals surface area contributed by atoms with Crippen molar-refractivity contribution >= 4 is 17.2 Å². The SMILES string of the molecule is COCCN(Cc1cccs1)C(=O)c1c(C)ccn(-c2ccc(F)cc2)c1=O. The molecule has 2 heterocycles. The topological polar surface area (TPSA) is 51.5 Å². The van der Waals surface area contributed by atoms with E-state index in [4.69, 9.17) is 4.74 Å². The summed E-state index contributed by atoms with van der Waals surface area (Å²) < 4.78 is 19.7. The molecular weight excluding hydrogens is 379 g/mol. The fourth-order valence-electron chi connectivity index (χ4n) is 2.89. The summed E-state index contributed by atoms with van der Waals surface area (Å²) in [6.07, 6.45) is 1.60. The van der Waals surface area contributed by atoms with Gasteiger partial charge in [0.2, 0.25) is 0 Å². The molecule has 1 amide bonds. The number of aryl methyl sites for hydroxylation is 1. The van der Waals surface area contributed by atoms with Gasteiger partial charge in [-0.1, -0.05) is 6.07 Å². The Balaban J connectivity index is 1.99. The molecule has 28 heavy (non-hydrogen) atoms. The number of hydrogen-bond acceptors (Lipinski definition) is 4. The fraction of sp³-hybridized carbons (Fsp3) is 0.238. The lowest BCUT2D eigenvalue weighted by molar-refractivity contribution is 0.0679. The normalized spacial score (nSPS) is 10.8. The Morgan fingerprint density at radius 1 is 1.21 bits per heavy atom. The third kappa shape index (κ3) is 4.37. The number of aromatic nitrogens is 1. The average Bonchev–Trinajstić information content (AvgIpc) is 3.19. The first-order chi connectivity index (χ1) is 13.5. The van der Waals surface area contributed by atoms with Crippen LogP contribution < -0.4 is 5.56 Å². The molecule has 0 aliphatic rings. The van der Waals surface area contributed by atoms with Crippen molar-refractivity contribution in [3.05, 3.63) is 86.2 Å². The lowest BCUT2D eigenvalue weighted by Crippen LogP contribution is -2.38. The third-order valence-corrected chi connectivity index (χ3v) is 5.26. The summed E-state index contributed by atoms with van der Waals surface area (Å²) in [5.41, 5.74) is 0.786. The van der Waals surface area contributed by atoms with Gasteiger partial charge in [0.25, 0.3) is 11.5 Å². The summed E-state index contributed by atoms with van der Waals surface area (Å²) in [5, 5.41) is 1.95. The van der Waals surface area contributed by atoms with Crippen LogP contribution in [0.5, 0.6) is 0 Å². The van der Waals surface area contributed by atoms with Gasteiger partial charge in [0.1, 0.15) is 11.4 Å². The van der Waals surface area contributed by atoms with Gasteiger partial charge >= 0.3 is 0 Å². The molecular formula is C21H21FN2O3S. The molecule has 0 N–H and O–H groups in total. The van der Waals surface area contributed by atoms with Crippen molar-refractivity contribution in [2.24, 2.45) is 0 Å². The van der Waals surface area contributed by atoms with E-state index in [0.717, 1.165) is 4.88 Å². The number of ether oxygens (including phenoxy) is 1. The van der Waals surface area contributed by atoms with Crippen LogP contribution in [0.4, 0.5) is 4.39 Å². The lowest BCUT2D eigenvalue weighted by atomic mass is 10.1. The van der Waals surface area contributed by atoms with Gasteiger partial charge in [0.05, 0.1) is 13.2 Å². The Bertz CT molecular complexity index is 997. The van der Waals surface area contributed by atoms with E-state index >= 15 is 0 Å². The zero-order valence-electron chi connectivity index (χ0n) is 15.7. The molecule has 1 aromatic carbocycles. The van der Waals surface area contributed by atoms with Crippen LogP contribution in [0.1, 0.15) is 20.8 Å². The molecule has 0 aliphatic carbocycles. The smallest absolute Gasteiger partial charge is 0.268 e. The number of halogens is 1. The van der Waals surface area contributed by atoms with Gasteiger partial charge in [-0.25, -0.2) is 4.39 Å². The molecule has 0 unspecified atom stereocenters. The molecule has 0 radical (unpaired) electrons. The van der Waals surface area contributed by atoms with Gasteiger partial charge < -0.3 is 9.64 Å². The maximum absolute atomic E-state index is 13.3. The Morgan fingerprint density at radius 2 is 1.96 bits per heavy atom. The predicted octanol–water partition coefficient (Wildman–Crippen LogP) is 3.64. The van der Waals surface area contributed by atoms with Crippen molar-refractivity contribution in [2.45, 2.75) is 13.5 Å². The number of thiophene rings is 1. The summed E-state index contributed by atoms with van der Waals surface area (Å²) in [5.74, 6) is -0.730. The Kier molecular flexibility index (Phi) is 6.38. The maximum Gasteiger partial charge on any atom is 0.268 e. The number of carbonyl (C=O) groups is 1. The number of rotatable bonds is 7. The summed E-state index contributed by atoms with van der Waals surface area (Å²) in [4.78, 5) is 29.0. The van der Waals surface area contributed by atoms with E-state index in [-0.39, 0.29) is 17.3 Å². The standard InChI is InChI=1S/C21H21FN2O3S/c1-15-9-10-24(17-7-5-16(22)6-8-17)21(26)19(15)20(25)23(11-12-27-2)14-18-4-3-13-28-18/h3-10,13H,11-12,14H2,1-2H3. The van der Waals surface area contributed by atoms with Gasteiger partial charge in [-0.2, -0.15) is 0 Å². The molecule has 5 nitrogen and oxygen atoms in total. The minimum atomic E-state index is -0.426. The van der Waals surface area contributed by atoms with Crippen molar-refractivity contribution in [3.63, 3.8) is 0 Å². The number of benzene rings is 1. The van der Waals surface area contributed by atoms with Crippen molar-refractivity contribution in [1.29, 1.82) is 0 Å². The largest absolute Gasteiger partial charge is 0.383 e.